The zero-order valence-corrected chi connectivity index (χ0v) is 10.3. The SMILES string of the molecule is CC(=O)Oc1ccn(C(=O)c2ccccc2)c1Cl. The summed E-state index contributed by atoms with van der Waals surface area (Å²) in [6.07, 6.45) is 1.47. The van der Waals surface area contributed by atoms with Gasteiger partial charge in [-0.3, -0.25) is 14.2 Å². The molecule has 0 saturated heterocycles. The van der Waals surface area contributed by atoms with E-state index in [2.05, 4.69) is 0 Å². The van der Waals surface area contributed by atoms with Gasteiger partial charge in [0.25, 0.3) is 5.91 Å². The maximum atomic E-state index is 12.1. The number of nitrogens with zero attached hydrogens (tertiary/aromatic N) is 1. The normalized spacial score (nSPS) is 10.1. The number of ether oxygens (including phenoxy) is 1. The number of halogens is 1. The van der Waals surface area contributed by atoms with Gasteiger partial charge in [-0.05, 0) is 12.1 Å². The van der Waals surface area contributed by atoms with E-state index in [1.807, 2.05) is 6.07 Å². The molecular weight excluding hydrogens is 254 g/mol. The van der Waals surface area contributed by atoms with E-state index in [1.54, 1.807) is 24.3 Å². The van der Waals surface area contributed by atoms with Gasteiger partial charge in [0.05, 0.1) is 0 Å². The Kier molecular flexibility index (Phi) is 3.48. The van der Waals surface area contributed by atoms with Crippen LogP contribution >= 0.6 is 11.6 Å². The van der Waals surface area contributed by atoms with Crippen molar-refractivity contribution in [2.24, 2.45) is 0 Å². The minimum Gasteiger partial charge on any atom is -0.423 e. The summed E-state index contributed by atoms with van der Waals surface area (Å²) in [5.41, 5.74) is 0.504. The van der Waals surface area contributed by atoms with Crippen LogP contribution in [0.5, 0.6) is 5.75 Å². The maximum Gasteiger partial charge on any atom is 0.308 e. The third kappa shape index (κ3) is 2.43. The fraction of sp³-hybridized carbons (Fsp3) is 0.0769. The van der Waals surface area contributed by atoms with E-state index in [0.29, 0.717) is 5.56 Å². The van der Waals surface area contributed by atoms with Gasteiger partial charge in [-0.2, -0.15) is 0 Å². The molecule has 0 N–H and O–H groups in total. The fourth-order valence-corrected chi connectivity index (χ4v) is 1.74. The summed E-state index contributed by atoms with van der Waals surface area (Å²) >= 11 is 5.98. The van der Waals surface area contributed by atoms with Crippen molar-refractivity contribution < 1.29 is 14.3 Å². The molecule has 0 radical (unpaired) electrons. The molecule has 1 aromatic heterocycles. The lowest BCUT2D eigenvalue weighted by atomic mass is 10.2. The first-order valence-corrected chi connectivity index (χ1v) is 5.62. The van der Waals surface area contributed by atoms with Crippen molar-refractivity contribution in [3.05, 3.63) is 53.3 Å². The maximum absolute atomic E-state index is 12.1. The van der Waals surface area contributed by atoms with Gasteiger partial charge in [-0.1, -0.05) is 29.8 Å². The van der Waals surface area contributed by atoms with Crippen molar-refractivity contribution in [1.29, 1.82) is 0 Å². The van der Waals surface area contributed by atoms with E-state index >= 15 is 0 Å². The molecule has 0 aliphatic rings. The third-order valence-electron chi connectivity index (χ3n) is 2.28. The standard InChI is InChI=1S/C13H10ClNO3/c1-9(16)18-11-7-8-15(12(11)14)13(17)10-5-3-2-4-6-10/h2-8H,1H3. The molecule has 0 atom stereocenters. The Morgan fingerprint density at radius 1 is 1.17 bits per heavy atom. The molecule has 0 aliphatic heterocycles. The number of esters is 1. The van der Waals surface area contributed by atoms with E-state index in [9.17, 15) is 9.59 Å². The van der Waals surface area contributed by atoms with Crippen LogP contribution < -0.4 is 4.74 Å². The molecule has 0 saturated carbocycles. The predicted octanol–water partition coefficient (Wildman–Crippen LogP) is 2.76. The highest BCUT2D eigenvalue weighted by Gasteiger charge is 2.16. The third-order valence-corrected chi connectivity index (χ3v) is 2.65. The lowest BCUT2D eigenvalue weighted by Crippen LogP contribution is -2.11. The molecule has 0 amide bonds. The second-order valence-electron chi connectivity index (χ2n) is 3.61. The minimum atomic E-state index is -0.484. The van der Waals surface area contributed by atoms with Crippen molar-refractivity contribution >= 4 is 23.5 Å². The average Bonchev–Trinajstić information content (AvgIpc) is 2.71. The first-order valence-electron chi connectivity index (χ1n) is 5.24. The number of aromatic nitrogens is 1. The largest absolute Gasteiger partial charge is 0.423 e. The Morgan fingerprint density at radius 3 is 2.44 bits per heavy atom. The molecule has 0 aliphatic carbocycles. The molecule has 1 aromatic carbocycles. The van der Waals surface area contributed by atoms with Gasteiger partial charge < -0.3 is 4.74 Å². The molecule has 2 rings (SSSR count). The monoisotopic (exact) mass is 263 g/mol. The first kappa shape index (κ1) is 12.4. The van der Waals surface area contributed by atoms with Gasteiger partial charge in [-0.15, -0.1) is 0 Å². The van der Waals surface area contributed by atoms with Crippen molar-refractivity contribution in [3.63, 3.8) is 0 Å². The molecule has 5 heteroatoms. The van der Waals surface area contributed by atoms with Crippen LogP contribution in [0.3, 0.4) is 0 Å². The molecule has 0 spiro atoms. The molecule has 1 heterocycles. The molecule has 2 aromatic rings. The first-order chi connectivity index (χ1) is 8.59. The highest BCUT2D eigenvalue weighted by Crippen LogP contribution is 2.26. The minimum absolute atomic E-state index is 0.0825. The number of hydrogen-bond acceptors (Lipinski definition) is 3. The molecule has 0 bridgehead atoms. The summed E-state index contributed by atoms with van der Waals surface area (Å²) < 4.78 is 6.10. The number of carbonyl (C=O) groups excluding carboxylic acids is 2. The van der Waals surface area contributed by atoms with E-state index in [0.717, 1.165) is 0 Å². The summed E-state index contributed by atoms with van der Waals surface area (Å²) in [5.74, 6) is -0.589. The second-order valence-corrected chi connectivity index (χ2v) is 3.96. The van der Waals surface area contributed by atoms with Gasteiger partial charge >= 0.3 is 5.97 Å². The van der Waals surface area contributed by atoms with Crippen molar-refractivity contribution in [2.45, 2.75) is 6.92 Å². The van der Waals surface area contributed by atoms with Gasteiger partial charge in [0, 0.05) is 24.8 Å². The molecule has 4 nitrogen and oxygen atoms in total. The molecule has 0 unspecified atom stereocenters. The quantitative estimate of drug-likeness (QED) is 0.783. The van der Waals surface area contributed by atoms with Crippen LogP contribution in [-0.4, -0.2) is 16.4 Å². The number of rotatable bonds is 2. The van der Waals surface area contributed by atoms with Crippen molar-refractivity contribution in [2.75, 3.05) is 0 Å². The predicted molar refractivity (Wildman–Crippen MR) is 66.9 cm³/mol. The van der Waals surface area contributed by atoms with E-state index in [-0.39, 0.29) is 16.8 Å². The Hall–Kier alpha value is -2.07. The topological polar surface area (TPSA) is 48.3 Å². The highest BCUT2D eigenvalue weighted by atomic mass is 35.5. The average molecular weight is 264 g/mol. The summed E-state index contributed by atoms with van der Waals surface area (Å²) in [7, 11) is 0. The summed E-state index contributed by atoms with van der Waals surface area (Å²) in [5, 5.41) is 0.0825. The molecule has 0 fully saturated rings. The van der Waals surface area contributed by atoms with Crippen LogP contribution in [0.1, 0.15) is 17.3 Å². The van der Waals surface area contributed by atoms with Crippen LogP contribution in [0.15, 0.2) is 42.6 Å². The van der Waals surface area contributed by atoms with Crippen LogP contribution in [0.4, 0.5) is 0 Å². The lowest BCUT2D eigenvalue weighted by molar-refractivity contribution is -0.131. The van der Waals surface area contributed by atoms with E-state index in [4.69, 9.17) is 16.3 Å². The summed E-state index contributed by atoms with van der Waals surface area (Å²) in [6.45, 7) is 1.27. The van der Waals surface area contributed by atoms with Gasteiger partial charge in [0.2, 0.25) is 0 Å². The van der Waals surface area contributed by atoms with Crippen LogP contribution in [0.2, 0.25) is 5.15 Å². The molecule has 18 heavy (non-hydrogen) atoms. The zero-order valence-electron chi connectivity index (χ0n) is 9.59. The summed E-state index contributed by atoms with van der Waals surface area (Å²) in [6, 6.07) is 10.2. The van der Waals surface area contributed by atoms with Crippen LogP contribution in [0.25, 0.3) is 0 Å². The van der Waals surface area contributed by atoms with E-state index < -0.39 is 5.97 Å². The van der Waals surface area contributed by atoms with E-state index in [1.165, 1.54) is 23.8 Å². The highest BCUT2D eigenvalue weighted by molar-refractivity contribution is 6.32. The lowest BCUT2D eigenvalue weighted by Gasteiger charge is -2.04. The number of carbonyl (C=O) groups is 2. The molecule has 92 valence electrons. The van der Waals surface area contributed by atoms with Gasteiger partial charge in [-0.25, -0.2) is 0 Å². The number of benzene rings is 1. The van der Waals surface area contributed by atoms with Gasteiger partial charge in [0.15, 0.2) is 10.9 Å². The Balaban J connectivity index is 2.32. The van der Waals surface area contributed by atoms with Crippen LogP contribution in [-0.2, 0) is 4.79 Å². The second kappa shape index (κ2) is 5.06. The Bertz CT molecular complexity index is 590. The summed E-state index contributed by atoms with van der Waals surface area (Å²) in [4.78, 5) is 22.9. The van der Waals surface area contributed by atoms with Crippen molar-refractivity contribution in [1.82, 2.24) is 4.57 Å². The van der Waals surface area contributed by atoms with Crippen molar-refractivity contribution in [3.8, 4) is 5.75 Å². The van der Waals surface area contributed by atoms with Crippen LogP contribution in [0, 0.1) is 0 Å². The Morgan fingerprint density at radius 2 is 1.83 bits per heavy atom. The zero-order chi connectivity index (χ0) is 13.1. The number of hydrogen-bond donors (Lipinski definition) is 0. The molecular formula is C13H10ClNO3. The Labute approximate surface area is 109 Å². The van der Waals surface area contributed by atoms with Gasteiger partial charge in [0.1, 0.15) is 0 Å². The smallest absolute Gasteiger partial charge is 0.308 e. The fourth-order valence-electron chi connectivity index (χ4n) is 1.50.